The second kappa shape index (κ2) is 14.2. The van der Waals surface area contributed by atoms with E-state index in [1.165, 1.54) is 21.3 Å². The number of esters is 2. The molecule has 0 aliphatic rings. The number of hydrogen-bond acceptors (Lipinski definition) is 9. The van der Waals surface area contributed by atoms with E-state index >= 15 is 0 Å². The van der Waals surface area contributed by atoms with Crippen molar-refractivity contribution in [1.29, 1.82) is 0 Å². The van der Waals surface area contributed by atoms with E-state index in [9.17, 15) is 14.7 Å². The quantitative estimate of drug-likeness (QED) is 0.228. The molecule has 0 aromatic heterocycles. The van der Waals surface area contributed by atoms with E-state index in [2.05, 4.69) is 0 Å². The van der Waals surface area contributed by atoms with Crippen LogP contribution in [-0.4, -0.2) is 58.2 Å². The summed E-state index contributed by atoms with van der Waals surface area (Å²) in [6.45, 7) is 1.53. The van der Waals surface area contributed by atoms with Gasteiger partial charge in [-0.15, -0.1) is 0 Å². The third kappa shape index (κ3) is 8.20. The van der Waals surface area contributed by atoms with Gasteiger partial charge in [-0.25, -0.2) is 9.59 Å². The predicted molar refractivity (Wildman–Crippen MR) is 143 cm³/mol. The van der Waals surface area contributed by atoms with E-state index in [0.29, 0.717) is 40.4 Å². The van der Waals surface area contributed by atoms with Gasteiger partial charge in [0, 0.05) is 5.56 Å². The molecule has 0 saturated heterocycles. The van der Waals surface area contributed by atoms with Crippen molar-refractivity contribution in [2.45, 2.75) is 19.6 Å². The minimum atomic E-state index is -1.28. The number of methoxy groups -OCH3 is 3. The Morgan fingerprint density at radius 1 is 0.718 bits per heavy atom. The normalized spacial score (nSPS) is 11.8. The molecule has 0 amide bonds. The van der Waals surface area contributed by atoms with Crippen LogP contribution in [0.3, 0.4) is 0 Å². The van der Waals surface area contributed by atoms with Crippen LogP contribution in [0.1, 0.15) is 45.9 Å². The van der Waals surface area contributed by atoms with Crippen LogP contribution in [0.2, 0.25) is 0 Å². The van der Waals surface area contributed by atoms with Gasteiger partial charge in [0.05, 0.1) is 44.5 Å². The Balaban J connectivity index is 1.77. The lowest BCUT2D eigenvalue weighted by Gasteiger charge is -2.32. The Labute approximate surface area is 228 Å². The van der Waals surface area contributed by atoms with E-state index < -0.39 is 23.6 Å². The van der Waals surface area contributed by atoms with Crippen LogP contribution in [0.15, 0.2) is 72.8 Å². The van der Waals surface area contributed by atoms with Crippen LogP contribution in [0.4, 0.5) is 0 Å². The lowest BCUT2D eigenvalue weighted by Crippen LogP contribution is -2.39. The highest BCUT2D eigenvalue weighted by molar-refractivity contribution is 5.90. The monoisotopic (exact) mass is 538 g/mol. The maximum Gasteiger partial charge on any atom is 0.338 e. The molecule has 39 heavy (non-hydrogen) atoms. The molecule has 0 fully saturated rings. The van der Waals surface area contributed by atoms with Gasteiger partial charge in [-0.1, -0.05) is 31.2 Å². The van der Waals surface area contributed by atoms with Gasteiger partial charge >= 0.3 is 11.9 Å². The first-order valence-corrected chi connectivity index (χ1v) is 12.4. The lowest BCUT2D eigenvalue weighted by atomic mass is 9.88. The zero-order valence-electron chi connectivity index (χ0n) is 22.5. The van der Waals surface area contributed by atoms with Crippen LogP contribution in [0.5, 0.6) is 17.2 Å². The minimum absolute atomic E-state index is 0.0708. The number of hydrogen-bond donors (Lipinski definition) is 1. The maximum atomic E-state index is 12.8. The largest absolute Gasteiger partial charge is 0.497 e. The van der Waals surface area contributed by atoms with Crippen LogP contribution in [-0.2, 0) is 14.2 Å². The van der Waals surface area contributed by atoms with Crippen molar-refractivity contribution in [3.63, 3.8) is 0 Å². The van der Waals surface area contributed by atoms with Crippen molar-refractivity contribution in [3.8, 4) is 17.2 Å². The van der Waals surface area contributed by atoms with Crippen LogP contribution in [0.25, 0.3) is 0 Å². The highest BCUT2D eigenvalue weighted by Gasteiger charge is 2.34. The number of aliphatic hydroxyl groups excluding tert-OH is 1. The van der Waals surface area contributed by atoms with Gasteiger partial charge in [-0.2, -0.15) is 0 Å². The van der Waals surface area contributed by atoms with Gasteiger partial charge in [0.15, 0.2) is 6.29 Å². The summed E-state index contributed by atoms with van der Waals surface area (Å²) in [4.78, 5) is 25.7. The van der Waals surface area contributed by atoms with E-state index in [1.807, 2.05) is 6.92 Å². The van der Waals surface area contributed by atoms with Crippen molar-refractivity contribution < 1.29 is 43.1 Å². The Hall–Kier alpha value is -4.08. The number of aliphatic hydroxyl groups is 1. The number of carbonyl (C=O) groups excluding carboxylic acids is 2. The molecule has 0 radical (unpaired) electrons. The molecule has 3 aromatic rings. The molecule has 0 aliphatic heterocycles. The van der Waals surface area contributed by atoms with Gasteiger partial charge in [0.2, 0.25) is 0 Å². The van der Waals surface area contributed by atoms with Crippen molar-refractivity contribution >= 4 is 11.9 Å². The number of carbonyl (C=O) groups is 2. The van der Waals surface area contributed by atoms with Gasteiger partial charge in [-0.3, -0.25) is 0 Å². The number of rotatable bonds is 14. The molecule has 9 nitrogen and oxygen atoms in total. The summed E-state index contributed by atoms with van der Waals surface area (Å²) < 4.78 is 32.7. The summed E-state index contributed by atoms with van der Waals surface area (Å²) >= 11 is 0. The molecule has 9 heteroatoms. The van der Waals surface area contributed by atoms with Crippen LogP contribution < -0.4 is 14.2 Å². The fourth-order valence-electron chi connectivity index (χ4n) is 3.68. The molecule has 1 unspecified atom stereocenters. The van der Waals surface area contributed by atoms with Gasteiger partial charge in [0.25, 0.3) is 0 Å². The zero-order valence-corrected chi connectivity index (χ0v) is 22.5. The molecule has 3 aromatic carbocycles. The molecule has 208 valence electrons. The third-order valence-electron chi connectivity index (χ3n) is 6.31. The SMILES string of the molecule is CCC(COC(=O)c1cccc(OC)c1)(COC(=O)c1cccc(OC)c1)COC(O)c1cccc(OC)c1. The van der Waals surface area contributed by atoms with E-state index in [0.717, 1.165) is 0 Å². The minimum Gasteiger partial charge on any atom is -0.497 e. The summed E-state index contributed by atoms with van der Waals surface area (Å²) in [5, 5.41) is 10.7. The summed E-state index contributed by atoms with van der Waals surface area (Å²) in [5.41, 5.74) is 0.152. The van der Waals surface area contributed by atoms with Gasteiger partial charge in [0.1, 0.15) is 30.5 Å². The van der Waals surface area contributed by atoms with Crippen molar-refractivity contribution in [2.75, 3.05) is 41.2 Å². The second-order valence-corrected chi connectivity index (χ2v) is 8.91. The summed E-state index contributed by atoms with van der Waals surface area (Å²) in [6.07, 6.45) is -0.872. The standard InChI is InChI=1S/C30H34O9/c1-5-30(18-37-27(31)21-9-6-12-24(15-21)34-2,19-38-28(32)22-10-7-13-25(16-22)35-3)20-39-29(33)23-11-8-14-26(17-23)36-4/h6-17,27,31H,5,18-20H2,1-4H3. The highest BCUT2D eigenvalue weighted by Crippen LogP contribution is 2.29. The zero-order chi connectivity index (χ0) is 28.3. The first kappa shape index (κ1) is 29.5. The van der Waals surface area contributed by atoms with Crippen LogP contribution in [0, 0.1) is 5.41 Å². The van der Waals surface area contributed by atoms with Gasteiger partial charge in [-0.05, 0) is 55.0 Å². The summed E-state index contributed by atoms with van der Waals surface area (Å²) in [5.74, 6) is 0.459. The summed E-state index contributed by atoms with van der Waals surface area (Å²) in [7, 11) is 4.55. The Kier molecular flexibility index (Phi) is 10.7. The third-order valence-corrected chi connectivity index (χ3v) is 6.31. The average Bonchev–Trinajstić information content (AvgIpc) is 3.00. The molecule has 3 rings (SSSR count). The first-order chi connectivity index (χ1) is 18.8. The van der Waals surface area contributed by atoms with Crippen molar-refractivity contribution in [2.24, 2.45) is 5.41 Å². The smallest absolute Gasteiger partial charge is 0.338 e. The first-order valence-electron chi connectivity index (χ1n) is 12.4. The van der Waals surface area contributed by atoms with Crippen molar-refractivity contribution in [3.05, 3.63) is 89.5 Å². The number of benzene rings is 3. The predicted octanol–water partition coefficient (Wildman–Crippen LogP) is 4.83. The number of ether oxygens (including phenoxy) is 6. The van der Waals surface area contributed by atoms with Crippen molar-refractivity contribution in [1.82, 2.24) is 0 Å². The average molecular weight is 539 g/mol. The molecular weight excluding hydrogens is 504 g/mol. The molecule has 1 atom stereocenters. The van der Waals surface area contributed by atoms with Crippen LogP contribution >= 0.6 is 0 Å². The molecule has 0 aliphatic carbocycles. The Morgan fingerprint density at radius 2 is 1.18 bits per heavy atom. The molecule has 0 bridgehead atoms. The molecule has 0 heterocycles. The Morgan fingerprint density at radius 3 is 1.64 bits per heavy atom. The molecule has 0 saturated carbocycles. The maximum absolute atomic E-state index is 12.8. The molecular formula is C30H34O9. The molecule has 0 spiro atoms. The Bertz CT molecular complexity index is 1180. The van der Waals surface area contributed by atoms with E-state index in [4.69, 9.17) is 28.4 Å². The highest BCUT2D eigenvalue weighted by atomic mass is 16.6. The second-order valence-electron chi connectivity index (χ2n) is 8.91. The summed E-state index contributed by atoms with van der Waals surface area (Å²) in [6, 6.07) is 20.0. The molecule has 1 N–H and O–H groups in total. The van der Waals surface area contributed by atoms with Gasteiger partial charge < -0.3 is 33.5 Å². The fraction of sp³-hybridized carbons (Fsp3) is 0.333. The lowest BCUT2D eigenvalue weighted by molar-refractivity contribution is -0.145. The van der Waals surface area contributed by atoms with E-state index in [1.54, 1.807) is 72.8 Å². The van der Waals surface area contributed by atoms with E-state index in [-0.39, 0.29) is 19.8 Å². The fourth-order valence-corrected chi connectivity index (χ4v) is 3.68. The topological polar surface area (TPSA) is 110 Å².